The van der Waals surface area contributed by atoms with Gasteiger partial charge in [0.2, 0.25) is 15.9 Å². The molecule has 0 spiro atoms. The van der Waals surface area contributed by atoms with Crippen LogP contribution in [0.3, 0.4) is 0 Å². The van der Waals surface area contributed by atoms with Crippen LogP contribution in [0.2, 0.25) is 0 Å². The van der Waals surface area contributed by atoms with Crippen LogP contribution in [-0.4, -0.2) is 82.5 Å². The second-order valence-electron chi connectivity index (χ2n) is 9.00. The Morgan fingerprint density at radius 2 is 1.83 bits per heavy atom. The smallest absolute Gasteiger partial charge is 0.247 e. The Hall–Kier alpha value is -2.73. The molecule has 1 aromatic heterocycles. The number of benzene rings is 2. The van der Waals surface area contributed by atoms with Gasteiger partial charge in [-0.15, -0.1) is 0 Å². The van der Waals surface area contributed by atoms with Crippen molar-refractivity contribution in [3.63, 3.8) is 0 Å². The average Bonchev–Trinajstić information content (AvgIpc) is 3.53. The van der Waals surface area contributed by atoms with E-state index in [0.717, 1.165) is 10.3 Å². The summed E-state index contributed by atoms with van der Waals surface area (Å²) < 4.78 is 40.0. The van der Waals surface area contributed by atoms with Gasteiger partial charge in [-0.25, -0.2) is 13.4 Å². The summed E-state index contributed by atoms with van der Waals surface area (Å²) in [5.74, 6) is 0.948. The number of carbonyl (C=O) groups is 1. The number of fused-ring (bicyclic) bond motifs is 1. The Labute approximate surface area is 216 Å². The van der Waals surface area contributed by atoms with Gasteiger partial charge in [-0.05, 0) is 69.8 Å². The van der Waals surface area contributed by atoms with Crippen molar-refractivity contribution < 1.29 is 22.7 Å². The third kappa shape index (κ3) is 5.06. The van der Waals surface area contributed by atoms with Gasteiger partial charge in [0.15, 0.2) is 5.13 Å². The van der Waals surface area contributed by atoms with Crippen LogP contribution in [0.15, 0.2) is 41.3 Å². The number of rotatable bonds is 9. The number of nitrogens with zero attached hydrogens (tertiary/aromatic N) is 4. The molecule has 1 fully saturated rings. The van der Waals surface area contributed by atoms with E-state index in [2.05, 4.69) is 0 Å². The van der Waals surface area contributed by atoms with Gasteiger partial charge >= 0.3 is 0 Å². The largest absolute Gasteiger partial charge is 0.497 e. The number of sulfonamides is 1. The first kappa shape index (κ1) is 26.3. The van der Waals surface area contributed by atoms with E-state index in [-0.39, 0.29) is 10.8 Å². The predicted molar refractivity (Wildman–Crippen MR) is 142 cm³/mol. The minimum Gasteiger partial charge on any atom is -0.497 e. The molecule has 1 amide bonds. The van der Waals surface area contributed by atoms with Crippen molar-refractivity contribution in [1.29, 1.82) is 0 Å². The van der Waals surface area contributed by atoms with Crippen LogP contribution in [-0.2, 0) is 14.8 Å². The molecule has 0 radical (unpaired) electrons. The van der Waals surface area contributed by atoms with Crippen molar-refractivity contribution in [2.45, 2.75) is 30.7 Å². The molecule has 9 nitrogen and oxygen atoms in total. The first-order valence-corrected chi connectivity index (χ1v) is 14.0. The number of amides is 1. The molecule has 1 aliphatic heterocycles. The molecule has 1 unspecified atom stereocenters. The Morgan fingerprint density at radius 1 is 1.11 bits per heavy atom. The van der Waals surface area contributed by atoms with Gasteiger partial charge in [-0.1, -0.05) is 17.4 Å². The number of hydrogen-bond acceptors (Lipinski definition) is 8. The van der Waals surface area contributed by atoms with Gasteiger partial charge in [0.05, 0.1) is 23.8 Å². The number of likely N-dealkylation sites (N-methyl/N-ethyl adjacent to an activating group) is 1. The van der Waals surface area contributed by atoms with Crippen molar-refractivity contribution in [3.8, 4) is 11.5 Å². The maximum absolute atomic E-state index is 14.0. The molecule has 194 valence electrons. The van der Waals surface area contributed by atoms with Crippen LogP contribution < -0.4 is 14.4 Å². The first-order chi connectivity index (χ1) is 17.2. The zero-order chi connectivity index (χ0) is 26.0. The number of thiazole rings is 1. The number of aryl methyl sites for hydroxylation is 1. The standard InChI is InChI=1S/C25H32N4O5S2/c1-17-8-13-21(34-5)22-23(17)35-25(26-22)28(16-15-27(2)3)24(30)20-7-6-14-29(20)36(31,32)19-11-9-18(33-4)10-12-19/h8-13,20H,6-7,14-16H2,1-5H3. The van der Waals surface area contributed by atoms with Crippen molar-refractivity contribution in [2.24, 2.45) is 0 Å². The van der Waals surface area contributed by atoms with E-state index in [4.69, 9.17) is 14.5 Å². The summed E-state index contributed by atoms with van der Waals surface area (Å²) in [6, 6.07) is 9.29. The summed E-state index contributed by atoms with van der Waals surface area (Å²) >= 11 is 1.42. The third-order valence-corrected chi connectivity index (χ3v) is 9.47. The van der Waals surface area contributed by atoms with Crippen LogP contribution in [0.1, 0.15) is 18.4 Å². The Morgan fingerprint density at radius 3 is 2.47 bits per heavy atom. The van der Waals surface area contributed by atoms with Crippen molar-refractivity contribution >= 4 is 42.6 Å². The lowest BCUT2D eigenvalue weighted by Gasteiger charge is -2.29. The maximum Gasteiger partial charge on any atom is 0.247 e. The van der Waals surface area contributed by atoms with Crippen LogP contribution >= 0.6 is 11.3 Å². The molecule has 0 bridgehead atoms. The molecule has 0 saturated carbocycles. The van der Waals surface area contributed by atoms with Crippen molar-refractivity contribution in [2.75, 3.05) is 52.8 Å². The summed E-state index contributed by atoms with van der Waals surface area (Å²) in [5.41, 5.74) is 1.74. The van der Waals surface area contributed by atoms with E-state index in [0.29, 0.717) is 54.6 Å². The van der Waals surface area contributed by atoms with E-state index in [1.807, 2.05) is 38.1 Å². The zero-order valence-electron chi connectivity index (χ0n) is 21.2. The zero-order valence-corrected chi connectivity index (χ0v) is 22.9. The molecule has 2 aromatic carbocycles. The van der Waals surface area contributed by atoms with Crippen LogP contribution in [0, 0.1) is 6.92 Å². The molecule has 0 aliphatic carbocycles. The molecule has 36 heavy (non-hydrogen) atoms. The number of hydrogen-bond donors (Lipinski definition) is 0. The van der Waals surface area contributed by atoms with Crippen molar-refractivity contribution in [3.05, 3.63) is 42.0 Å². The molecule has 1 atom stereocenters. The Bertz CT molecular complexity index is 1340. The van der Waals surface area contributed by atoms with Crippen molar-refractivity contribution in [1.82, 2.24) is 14.2 Å². The molecule has 0 N–H and O–H groups in total. The normalized spacial score (nSPS) is 16.6. The first-order valence-electron chi connectivity index (χ1n) is 11.7. The quantitative estimate of drug-likeness (QED) is 0.417. The summed E-state index contributed by atoms with van der Waals surface area (Å²) in [4.78, 5) is 22.5. The molecular formula is C25H32N4O5S2. The summed E-state index contributed by atoms with van der Waals surface area (Å²) in [6.07, 6.45) is 1.07. The average molecular weight is 533 g/mol. The number of anilines is 1. The molecule has 1 saturated heterocycles. The number of methoxy groups -OCH3 is 2. The minimum absolute atomic E-state index is 0.142. The lowest BCUT2D eigenvalue weighted by atomic mass is 10.2. The molecule has 3 aromatic rings. The third-order valence-electron chi connectivity index (χ3n) is 6.33. The van der Waals surface area contributed by atoms with Crippen LogP contribution in [0.4, 0.5) is 5.13 Å². The monoisotopic (exact) mass is 532 g/mol. The second-order valence-corrected chi connectivity index (χ2v) is 11.9. The van der Waals surface area contributed by atoms with Gasteiger partial charge in [0.25, 0.3) is 0 Å². The fourth-order valence-electron chi connectivity index (χ4n) is 4.32. The molecule has 2 heterocycles. The minimum atomic E-state index is -3.86. The highest BCUT2D eigenvalue weighted by molar-refractivity contribution is 7.89. The SMILES string of the molecule is COc1ccc(S(=O)(=O)N2CCCC2C(=O)N(CCN(C)C)c2nc3c(OC)ccc(C)c3s2)cc1. The highest BCUT2D eigenvalue weighted by atomic mass is 32.2. The lowest BCUT2D eigenvalue weighted by Crippen LogP contribution is -2.49. The van der Waals surface area contributed by atoms with Gasteiger partial charge < -0.3 is 14.4 Å². The summed E-state index contributed by atoms with van der Waals surface area (Å²) in [5, 5.41) is 0.540. The van der Waals surface area contributed by atoms with Gasteiger partial charge in [0, 0.05) is 19.6 Å². The Kier molecular flexibility index (Phi) is 7.84. The van der Waals surface area contributed by atoms with Crippen LogP contribution in [0.25, 0.3) is 10.2 Å². The highest BCUT2D eigenvalue weighted by Gasteiger charge is 2.42. The van der Waals surface area contributed by atoms with Crippen LogP contribution in [0.5, 0.6) is 11.5 Å². The number of ether oxygens (including phenoxy) is 2. The fraction of sp³-hybridized carbons (Fsp3) is 0.440. The van der Waals surface area contributed by atoms with Gasteiger partial charge in [-0.2, -0.15) is 4.31 Å². The number of aromatic nitrogens is 1. The highest BCUT2D eigenvalue weighted by Crippen LogP contribution is 2.37. The lowest BCUT2D eigenvalue weighted by molar-refractivity contribution is -0.121. The van der Waals surface area contributed by atoms with E-state index >= 15 is 0 Å². The molecule has 11 heteroatoms. The summed E-state index contributed by atoms with van der Waals surface area (Å²) in [6.45, 7) is 3.28. The van der Waals surface area contributed by atoms with Gasteiger partial charge in [0.1, 0.15) is 23.1 Å². The molecule has 1 aliphatic rings. The molecule has 4 rings (SSSR count). The molecular weight excluding hydrogens is 500 g/mol. The summed E-state index contributed by atoms with van der Waals surface area (Å²) in [7, 11) is 3.13. The van der Waals surface area contributed by atoms with E-state index < -0.39 is 16.1 Å². The van der Waals surface area contributed by atoms with Gasteiger partial charge in [-0.3, -0.25) is 9.69 Å². The maximum atomic E-state index is 14.0. The predicted octanol–water partition coefficient (Wildman–Crippen LogP) is 3.37. The number of carbonyl (C=O) groups excluding carboxylic acids is 1. The van der Waals surface area contributed by atoms with E-state index in [9.17, 15) is 13.2 Å². The van der Waals surface area contributed by atoms with E-state index in [1.54, 1.807) is 24.1 Å². The fourth-order valence-corrected chi connectivity index (χ4v) is 7.05. The topological polar surface area (TPSA) is 92.3 Å². The Balaban J connectivity index is 1.70. The second kappa shape index (κ2) is 10.7. The van der Waals surface area contributed by atoms with E-state index in [1.165, 1.54) is 34.9 Å².